The van der Waals surface area contributed by atoms with Gasteiger partial charge in [0, 0.05) is 29.1 Å². The number of aromatic nitrogens is 1. The van der Waals surface area contributed by atoms with Gasteiger partial charge in [-0.05, 0) is 36.1 Å². The second-order valence-corrected chi connectivity index (χ2v) is 7.10. The van der Waals surface area contributed by atoms with Gasteiger partial charge in [0.25, 0.3) is 0 Å². The Bertz CT molecular complexity index is 1040. The van der Waals surface area contributed by atoms with Crippen LogP contribution in [0.1, 0.15) is 11.1 Å². The molecule has 6 nitrogen and oxygen atoms in total. The maximum Gasteiger partial charge on any atom is 0.330 e. The minimum Gasteiger partial charge on any atom is -0.467 e. The summed E-state index contributed by atoms with van der Waals surface area (Å²) in [6, 6.07) is 13.0. The Balaban J connectivity index is 1.67. The molecule has 2 heterocycles. The zero-order chi connectivity index (χ0) is 19.5. The summed E-state index contributed by atoms with van der Waals surface area (Å²) in [6.45, 7) is 0.218. The van der Waals surface area contributed by atoms with Gasteiger partial charge in [0.15, 0.2) is 17.5 Å². The third-order valence-corrected chi connectivity index (χ3v) is 5.38. The molecule has 0 radical (unpaired) electrons. The fourth-order valence-electron chi connectivity index (χ4n) is 3.24. The van der Waals surface area contributed by atoms with Crippen molar-refractivity contribution in [1.82, 2.24) is 4.98 Å². The van der Waals surface area contributed by atoms with E-state index in [1.54, 1.807) is 0 Å². The minimum atomic E-state index is -0.642. The number of thioether (sulfide) groups is 1. The number of hydrogen-bond donors (Lipinski definition) is 1. The Kier molecular flexibility index (Phi) is 5.25. The number of nitrogens with one attached hydrogen (secondary N) is 1. The van der Waals surface area contributed by atoms with Crippen LogP contribution in [0, 0.1) is 0 Å². The Morgan fingerprint density at radius 1 is 1.25 bits per heavy atom. The van der Waals surface area contributed by atoms with Crippen molar-refractivity contribution < 1.29 is 19.0 Å². The summed E-state index contributed by atoms with van der Waals surface area (Å²) in [7, 11) is 1.39. The van der Waals surface area contributed by atoms with Crippen LogP contribution in [0.5, 0.6) is 11.5 Å². The molecule has 1 aliphatic rings. The topological polar surface area (TPSA) is 72.9 Å². The van der Waals surface area contributed by atoms with E-state index in [-0.39, 0.29) is 12.8 Å². The Labute approximate surface area is 166 Å². The van der Waals surface area contributed by atoms with Gasteiger partial charge in [0.1, 0.15) is 0 Å². The molecule has 0 spiro atoms. The molecule has 1 aromatic heterocycles. The molecule has 0 saturated heterocycles. The average molecular weight is 396 g/mol. The molecule has 7 heteroatoms. The van der Waals surface area contributed by atoms with Gasteiger partial charge in [-0.2, -0.15) is 0 Å². The van der Waals surface area contributed by atoms with Crippen LogP contribution in [0.25, 0.3) is 10.9 Å². The van der Waals surface area contributed by atoms with E-state index in [0.717, 1.165) is 27.1 Å². The molecule has 0 aliphatic carbocycles. The third-order valence-electron chi connectivity index (χ3n) is 4.65. The first kappa shape index (κ1) is 18.4. The van der Waals surface area contributed by atoms with E-state index < -0.39 is 6.04 Å². The summed E-state index contributed by atoms with van der Waals surface area (Å²) in [5, 5.41) is 1.83. The highest BCUT2D eigenvalue weighted by Gasteiger charge is 2.22. The van der Waals surface area contributed by atoms with Crippen LogP contribution in [-0.4, -0.2) is 42.2 Å². The molecule has 0 bridgehead atoms. The van der Waals surface area contributed by atoms with Crippen molar-refractivity contribution in [3.63, 3.8) is 0 Å². The van der Waals surface area contributed by atoms with Crippen molar-refractivity contribution in [1.29, 1.82) is 0 Å². The van der Waals surface area contributed by atoms with E-state index >= 15 is 0 Å². The summed E-state index contributed by atoms with van der Waals surface area (Å²) >= 11 is 1.48. The number of esters is 1. The number of hydrogen-bond acceptors (Lipinski definition) is 6. The minimum absolute atomic E-state index is 0.218. The lowest BCUT2D eigenvalue weighted by atomic mass is 10.1. The molecule has 2 aromatic carbocycles. The molecular formula is C21H20N2O4S. The van der Waals surface area contributed by atoms with Crippen molar-refractivity contribution in [2.75, 3.05) is 20.2 Å². The van der Waals surface area contributed by atoms with Gasteiger partial charge in [-0.3, -0.25) is 4.99 Å². The molecule has 1 atom stereocenters. The monoisotopic (exact) mass is 396 g/mol. The van der Waals surface area contributed by atoms with Crippen LogP contribution in [0.2, 0.25) is 0 Å². The summed E-state index contributed by atoms with van der Waals surface area (Å²) in [4.78, 5) is 20.4. The van der Waals surface area contributed by atoms with Gasteiger partial charge in [-0.25, -0.2) is 4.79 Å². The Hall–Kier alpha value is -2.93. The molecule has 0 unspecified atom stereocenters. The van der Waals surface area contributed by atoms with Crippen LogP contribution in [-0.2, 0) is 16.0 Å². The smallest absolute Gasteiger partial charge is 0.330 e. The molecule has 0 amide bonds. The lowest BCUT2D eigenvalue weighted by Crippen LogP contribution is -2.24. The first-order valence-corrected chi connectivity index (χ1v) is 10.1. The van der Waals surface area contributed by atoms with Crippen LogP contribution in [0.4, 0.5) is 0 Å². The number of fused-ring (bicyclic) bond motifs is 2. The van der Waals surface area contributed by atoms with Crippen molar-refractivity contribution >= 4 is 33.7 Å². The van der Waals surface area contributed by atoms with Crippen LogP contribution < -0.4 is 9.47 Å². The van der Waals surface area contributed by atoms with Crippen molar-refractivity contribution in [3.8, 4) is 11.5 Å². The number of ether oxygens (including phenoxy) is 3. The molecule has 3 aromatic rings. The predicted molar refractivity (Wildman–Crippen MR) is 110 cm³/mol. The number of methoxy groups -OCH3 is 1. The van der Waals surface area contributed by atoms with E-state index in [9.17, 15) is 4.79 Å². The number of carbonyl (C=O) groups is 1. The number of benzene rings is 2. The Morgan fingerprint density at radius 2 is 2.07 bits per heavy atom. The molecule has 0 saturated carbocycles. The van der Waals surface area contributed by atoms with Crippen LogP contribution >= 0.6 is 11.8 Å². The molecule has 1 aliphatic heterocycles. The fourth-order valence-corrected chi connectivity index (χ4v) is 3.84. The first-order valence-electron chi connectivity index (χ1n) is 8.84. The lowest BCUT2D eigenvalue weighted by Gasteiger charge is -2.13. The average Bonchev–Trinajstić information content (AvgIpc) is 3.37. The third kappa shape index (κ3) is 3.57. The van der Waals surface area contributed by atoms with Gasteiger partial charge < -0.3 is 19.2 Å². The quantitative estimate of drug-likeness (QED) is 0.404. The van der Waals surface area contributed by atoms with Crippen molar-refractivity contribution in [2.45, 2.75) is 12.5 Å². The zero-order valence-electron chi connectivity index (χ0n) is 15.6. The Morgan fingerprint density at radius 3 is 2.89 bits per heavy atom. The SMILES string of the molecule is COC(=O)[C@@H](Cc1c[nH]c2ccccc12)/N=C(\SC)c1ccc2c(c1)OCO2. The highest BCUT2D eigenvalue weighted by atomic mass is 32.2. The summed E-state index contributed by atoms with van der Waals surface area (Å²) in [5.74, 6) is 1.04. The number of nitrogens with zero attached hydrogens (tertiary/aromatic N) is 1. The fraction of sp³-hybridized carbons (Fsp3) is 0.238. The van der Waals surface area contributed by atoms with Gasteiger partial charge in [0.05, 0.1) is 12.2 Å². The number of aliphatic imine (C=N–C) groups is 1. The molecule has 28 heavy (non-hydrogen) atoms. The van der Waals surface area contributed by atoms with E-state index in [1.807, 2.05) is 54.9 Å². The summed E-state index contributed by atoms with van der Waals surface area (Å²) in [5.41, 5.74) is 2.94. The molecule has 0 fully saturated rings. The largest absolute Gasteiger partial charge is 0.467 e. The zero-order valence-corrected chi connectivity index (χ0v) is 16.4. The van der Waals surface area contributed by atoms with Gasteiger partial charge in [-0.1, -0.05) is 18.2 Å². The standard InChI is InChI=1S/C21H20N2O4S/c1-25-21(24)17(9-14-11-22-16-6-4-3-5-15(14)16)23-20(28-2)13-7-8-18-19(10-13)27-12-26-18/h3-8,10-11,17,22H,9,12H2,1-2H3/b23-20-/t17-/m1/s1. The van der Waals surface area contributed by atoms with Crippen molar-refractivity contribution in [3.05, 3.63) is 59.8 Å². The highest BCUT2D eigenvalue weighted by Crippen LogP contribution is 2.33. The number of rotatable bonds is 5. The number of H-pyrrole nitrogens is 1. The molecule has 144 valence electrons. The number of para-hydroxylation sites is 1. The van der Waals surface area contributed by atoms with Crippen LogP contribution in [0.3, 0.4) is 0 Å². The summed E-state index contributed by atoms with van der Waals surface area (Å²) < 4.78 is 15.8. The molecular weight excluding hydrogens is 376 g/mol. The highest BCUT2D eigenvalue weighted by molar-refractivity contribution is 8.13. The predicted octanol–water partition coefficient (Wildman–Crippen LogP) is 3.79. The van der Waals surface area contributed by atoms with E-state index in [0.29, 0.717) is 17.9 Å². The molecule has 1 N–H and O–H groups in total. The molecule has 4 rings (SSSR count). The second kappa shape index (κ2) is 7.98. The van der Waals surface area contributed by atoms with Crippen molar-refractivity contribution in [2.24, 2.45) is 4.99 Å². The lowest BCUT2D eigenvalue weighted by molar-refractivity contribution is -0.142. The number of aromatic amines is 1. The maximum atomic E-state index is 12.5. The van der Waals surface area contributed by atoms with Gasteiger partial charge in [0.2, 0.25) is 6.79 Å². The van der Waals surface area contributed by atoms with E-state index in [2.05, 4.69) is 4.98 Å². The van der Waals surface area contributed by atoms with E-state index in [4.69, 9.17) is 19.2 Å². The maximum absolute atomic E-state index is 12.5. The summed E-state index contributed by atoms with van der Waals surface area (Å²) in [6.07, 6.45) is 4.31. The van der Waals surface area contributed by atoms with Gasteiger partial charge >= 0.3 is 5.97 Å². The van der Waals surface area contributed by atoms with Crippen LogP contribution in [0.15, 0.2) is 53.7 Å². The number of carbonyl (C=O) groups excluding carboxylic acids is 1. The second-order valence-electron chi connectivity index (χ2n) is 6.31. The normalized spacial score (nSPS) is 14.3. The first-order chi connectivity index (χ1) is 13.7. The van der Waals surface area contributed by atoms with E-state index in [1.165, 1.54) is 18.9 Å². The van der Waals surface area contributed by atoms with Gasteiger partial charge in [-0.15, -0.1) is 11.8 Å².